The summed E-state index contributed by atoms with van der Waals surface area (Å²) in [5.74, 6) is 0. The van der Waals surface area contributed by atoms with Crippen LogP contribution in [0.4, 0.5) is 11.4 Å². The molecule has 0 saturated heterocycles. The molecule has 0 spiro atoms. The highest BCUT2D eigenvalue weighted by atomic mass is 32.1. The molecule has 19 heavy (non-hydrogen) atoms. The summed E-state index contributed by atoms with van der Waals surface area (Å²) in [4.78, 5) is 0. The fourth-order valence-corrected chi connectivity index (χ4v) is 2.08. The van der Waals surface area contributed by atoms with Crippen LogP contribution in [0.1, 0.15) is 18.1 Å². The highest BCUT2D eigenvalue weighted by Crippen LogP contribution is 2.12. The third-order valence-corrected chi connectivity index (χ3v) is 3.10. The Hall–Kier alpha value is -1.87. The minimum absolute atomic E-state index is 0.606. The Bertz CT molecular complexity index is 561. The van der Waals surface area contributed by atoms with Crippen molar-refractivity contribution >= 4 is 28.7 Å². The Kier molecular flexibility index (Phi) is 4.53. The molecule has 2 N–H and O–H groups in total. The van der Waals surface area contributed by atoms with E-state index in [-0.39, 0.29) is 0 Å². The molecule has 0 aliphatic heterocycles. The number of rotatable bonds is 3. The quantitative estimate of drug-likeness (QED) is 0.810. The molecule has 2 aromatic carbocycles. The van der Waals surface area contributed by atoms with Crippen LogP contribution in [0.2, 0.25) is 0 Å². The maximum absolute atomic E-state index is 5.30. The van der Waals surface area contributed by atoms with E-state index >= 15 is 0 Å². The van der Waals surface area contributed by atoms with Gasteiger partial charge in [0, 0.05) is 11.4 Å². The highest BCUT2D eigenvalue weighted by molar-refractivity contribution is 7.80. The Labute approximate surface area is 119 Å². The third kappa shape index (κ3) is 4.07. The number of nitrogens with one attached hydrogen (secondary N) is 2. The molecule has 0 amide bonds. The lowest BCUT2D eigenvalue weighted by Gasteiger charge is -2.11. The summed E-state index contributed by atoms with van der Waals surface area (Å²) in [6.45, 7) is 4.21. The molecular formula is C16H18N2S. The van der Waals surface area contributed by atoms with Gasteiger partial charge in [-0.15, -0.1) is 0 Å². The van der Waals surface area contributed by atoms with Crippen LogP contribution in [0.25, 0.3) is 0 Å². The van der Waals surface area contributed by atoms with Crippen molar-refractivity contribution in [1.29, 1.82) is 0 Å². The average molecular weight is 270 g/mol. The minimum atomic E-state index is 0.606. The van der Waals surface area contributed by atoms with Crippen molar-refractivity contribution in [2.45, 2.75) is 20.3 Å². The minimum Gasteiger partial charge on any atom is -0.332 e. The van der Waals surface area contributed by atoms with Crippen molar-refractivity contribution < 1.29 is 0 Å². The van der Waals surface area contributed by atoms with Crippen LogP contribution in [0.3, 0.4) is 0 Å². The van der Waals surface area contributed by atoms with E-state index in [1.165, 1.54) is 11.1 Å². The SMILES string of the molecule is CCc1ccc(NC(=S)Nc2cccc(C)c2)cc1. The number of hydrogen-bond acceptors (Lipinski definition) is 1. The zero-order valence-electron chi connectivity index (χ0n) is 11.2. The zero-order valence-corrected chi connectivity index (χ0v) is 12.1. The van der Waals surface area contributed by atoms with Crippen LogP contribution in [0.15, 0.2) is 48.5 Å². The Balaban J connectivity index is 1.97. The fraction of sp³-hybridized carbons (Fsp3) is 0.188. The van der Waals surface area contributed by atoms with Gasteiger partial charge < -0.3 is 10.6 Å². The molecule has 0 unspecified atom stereocenters. The monoisotopic (exact) mass is 270 g/mol. The van der Waals surface area contributed by atoms with E-state index in [4.69, 9.17) is 12.2 Å². The predicted molar refractivity (Wildman–Crippen MR) is 86.8 cm³/mol. The number of benzene rings is 2. The van der Waals surface area contributed by atoms with Crippen molar-refractivity contribution in [2.24, 2.45) is 0 Å². The van der Waals surface area contributed by atoms with E-state index < -0.39 is 0 Å². The normalized spacial score (nSPS) is 10.0. The van der Waals surface area contributed by atoms with Gasteiger partial charge in [-0.1, -0.05) is 31.2 Å². The summed E-state index contributed by atoms with van der Waals surface area (Å²) in [5.41, 5.74) is 4.54. The van der Waals surface area contributed by atoms with E-state index in [1.54, 1.807) is 0 Å². The highest BCUT2D eigenvalue weighted by Gasteiger charge is 1.99. The first kappa shape index (κ1) is 13.6. The van der Waals surface area contributed by atoms with Crippen LogP contribution >= 0.6 is 12.2 Å². The van der Waals surface area contributed by atoms with Gasteiger partial charge in [-0.3, -0.25) is 0 Å². The van der Waals surface area contributed by atoms with E-state index in [2.05, 4.69) is 48.7 Å². The van der Waals surface area contributed by atoms with Crippen molar-refractivity contribution in [1.82, 2.24) is 0 Å². The smallest absolute Gasteiger partial charge is 0.175 e. The molecule has 0 aliphatic carbocycles. The van der Waals surface area contributed by atoms with Crippen LogP contribution in [-0.4, -0.2) is 5.11 Å². The maximum atomic E-state index is 5.30. The van der Waals surface area contributed by atoms with Gasteiger partial charge in [0.1, 0.15) is 0 Å². The first-order valence-corrected chi connectivity index (χ1v) is 6.82. The second-order valence-corrected chi connectivity index (χ2v) is 4.91. The van der Waals surface area contributed by atoms with Gasteiger partial charge in [0.15, 0.2) is 5.11 Å². The fourth-order valence-electron chi connectivity index (χ4n) is 1.84. The molecule has 2 nitrogen and oxygen atoms in total. The second-order valence-electron chi connectivity index (χ2n) is 4.50. The Morgan fingerprint density at radius 2 is 1.68 bits per heavy atom. The Morgan fingerprint density at radius 3 is 2.32 bits per heavy atom. The van der Waals surface area contributed by atoms with E-state index in [0.29, 0.717) is 5.11 Å². The first-order chi connectivity index (χ1) is 9.17. The summed E-state index contributed by atoms with van der Waals surface area (Å²) in [6.07, 6.45) is 1.05. The number of anilines is 2. The van der Waals surface area contributed by atoms with E-state index in [9.17, 15) is 0 Å². The molecule has 0 atom stereocenters. The lowest BCUT2D eigenvalue weighted by molar-refractivity contribution is 1.14. The molecule has 0 aliphatic rings. The van der Waals surface area contributed by atoms with Crippen molar-refractivity contribution in [3.05, 3.63) is 59.7 Å². The second kappa shape index (κ2) is 6.34. The van der Waals surface area contributed by atoms with E-state index in [0.717, 1.165) is 17.8 Å². The van der Waals surface area contributed by atoms with Crippen molar-refractivity contribution in [3.8, 4) is 0 Å². The summed E-state index contributed by atoms with van der Waals surface area (Å²) in [5, 5.41) is 6.97. The van der Waals surface area contributed by atoms with Crippen molar-refractivity contribution in [2.75, 3.05) is 10.6 Å². The Morgan fingerprint density at radius 1 is 1.00 bits per heavy atom. The molecule has 3 heteroatoms. The number of thiocarbonyl (C=S) groups is 1. The predicted octanol–water partition coefficient (Wildman–Crippen LogP) is 4.37. The molecular weight excluding hydrogens is 252 g/mol. The number of aryl methyl sites for hydroxylation is 2. The van der Waals surface area contributed by atoms with Gasteiger partial charge in [0.05, 0.1) is 0 Å². The maximum Gasteiger partial charge on any atom is 0.175 e. The zero-order chi connectivity index (χ0) is 13.7. The molecule has 0 radical (unpaired) electrons. The number of hydrogen-bond donors (Lipinski definition) is 2. The average Bonchev–Trinajstić information content (AvgIpc) is 2.39. The summed E-state index contributed by atoms with van der Waals surface area (Å²) >= 11 is 5.30. The molecule has 0 bridgehead atoms. The molecule has 2 aromatic rings. The summed E-state index contributed by atoms with van der Waals surface area (Å²) in [7, 11) is 0. The molecule has 0 fully saturated rings. The molecule has 0 saturated carbocycles. The van der Waals surface area contributed by atoms with Crippen LogP contribution in [-0.2, 0) is 6.42 Å². The lowest BCUT2D eigenvalue weighted by Crippen LogP contribution is -2.19. The summed E-state index contributed by atoms with van der Waals surface area (Å²) < 4.78 is 0. The molecule has 98 valence electrons. The van der Waals surface area contributed by atoms with Gasteiger partial charge in [0.2, 0.25) is 0 Å². The third-order valence-electron chi connectivity index (χ3n) is 2.90. The molecule has 2 rings (SSSR count). The standard InChI is InChI=1S/C16H18N2S/c1-3-13-7-9-14(10-8-13)17-16(19)18-15-6-4-5-12(2)11-15/h4-11H,3H2,1-2H3,(H2,17,18,19). The first-order valence-electron chi connectivity index (χ1n) is 6.41. The van der Waals surface area contributed by atoms with Crippen LogP contribution in [0.5, 0.6) is 0 Å². The van der Waals surface area contributed by atoms with Gasteiger partial charge in [0.25, 0.3) is 0 Å². The van der Waals surface area contributed by atoms with Gasteiger partial charge in [-0.2, -0.15) is 0 Å². The van der Waals surface area contributed by atoms with Crippen LogP contribution in [0, 0.1) is 6.92 Å². The topological polar surface area (TPSA) is 24.1 Å². The van der Waals surface area contributed by atoms with Crippen LogP contribution < -0.4 is 10.6 Å². The van der Waals surface area contributed by atoms with Gasteiger partial charge in [-0.25, -0.2) is 0 Å². The van der Waals surface area contributed by atoms with E-state index in [1.807, 2.05) is 24.3 Å². The largest absolute Gasteiger partial charge is 0.332 e. The lowest BCUT2D eigenvalue weighted by atomic mass is 10.1. The molecule has 0 aromatic heterocycles. The van der Waals surface area contributed by atoms with Gasteiger partial charge >= 0.3 is 0 Å². The molecule has 0 heterocycles. The summed E-state index contributed by atoms with van der Waals surface area (Å²) in [6, 6.07) is 16.4. The van der Waals surface area contributed by atoms with Crippen molar-refractivity contribution in [3.63, 3.8) is 0 Å². The van der Waals surface area contributed by atoms with Gasteiger partial charge in [-0.05, 0) is 61.0 Å².